The van der Waals surface area contributed by atoms with Gasteiger partial charge in [-0.1, -0.05) is 18.2 Å². The van der Waals surface area contributed by atoms with Crippen molar-refractivity contribution in [2.75, 3.05) is 13.7 Å². The number of aromatic nitrogens is 1. The van der Waals surface area contributed by atoms with Crippen molar-refractivity contribution in [3.05, 3.63) is 70.5 Å². The largest absolute Gasteiger partial charge is 0.497 e. The summed E-state index contributed by atoms with van der Waals surface area (Å²) in [5, 5.41) is 0.882. The Bertz CT molecular complexity index is 1010. The van der Waals surface area contributed by atoms with Gasteiger partial charge in [0.15, 0.2) is 6.61 Å². The van der Waals surface area contributed by atoms with Crippen LogP contribution < -0.4 is 15.0 Å². The highest BCUT2D eigenvalue weighted by atomic mass is 16.5. The van der Waals surface area contributed by atoms with Crippen molar-refractivity contribution in [3.8, 4) is 11.5 Å². The smallest absolute Gasteiger partial charge is 0.261 e. The molecule has 1 aromatic heterocycles. The van der Waals surface area contributed by atoms with Gasteiger partial charge in [-0.3, -0.25) is 9.59 Å². The molecule has 0 atom stereocenters. The lowest BCUT2D eigenvalue weighted by atomic mass is 10.1. The number of carbonyl (C=O) groups is 1. The Kier molecular flexibility index (Phi) is 5.99. The van der Waals surface area contributed by atoms with Crippen LogP contribution in [0.4, 0.5) is 0 Å². The van der Waals surface area contributed by atoms with Crippen molar-refractivity contribution in [1.82, 2.24) is 9.88 Å². The van der Waals surface area contributed by atoms with E-state index in [0.29, 0.717) is 22.6 Å². The van der Waals surface area contributed by atoms with E-state index >= 15 is 0 Å². The molecule has 0 aliphatic heterocycles. The minimum atomic E-state index is -0.219. The zero-order valence-electron chi connectivity index (χ0n) is 16.3. The molecule has 1 heterocycles. The third-order valence-corrected chi connectivity index (χ3v) is 4.52. The van der Waals surface area contributed by atoms with Crippen molar-refractivity contribution in [2.45, 2.75) is 26.4 Å². The first-order chi connectivity index (χ1) is 13.5. The summed E-state index contributed by atoms with van der Waals surface area (Å²) in [5.74, 6) is 1.14. The standard InChI is InChI=1S/C22H24N2O4/c1-15(2)24(21(25)14-28-18-7-5-4-6-8-18)13-17-11-16-9-10-19(27-3)12-20(16)23-22(17)26/h4-12,15H,13-14H2,1-3H3,(H,23,26). The number of para-hydroxylation sites is 1. The molecule has 0 spiro atoms. The lowest BCUT2D eigenvalue weighted by molar-refractivity contribution is -0.135. The van der Waals surface area contributed by atoms with Crippen molar-refractivity contribution in [1.29, 1.82) is 0 Å². The molecule has 28 heavy (non-hydrogen) atoms. The molecule has 3 aromatic rings. The third kappa shape index (κ3) is 4.52. The van der Waals surface area contributed by atoms with Crippen LogP contribution in [-0.4, -0.2) is 35.5 Å². The second-order valence-electron chi connectivity index (χ2n) is 6.79. The molecule has 6 nitrogen and oxygen atoms in total. The first-order valence-electron chi connectivity index (χ1n) is 9.15. The number of nitrogens with one attached hydrogen (secondary N) is 1. The number of aromatic amines is 1. The van der Waals surface area contributed by atoms with Gasteiger partial charge >= 0.3 is 0 Å². The summed E-state index contributed by atoms with van der Waals surface area (Å²) in [6, 6.07) is 16.4. The molecule has 0 unspecified atom stereocenters. The zero-order valence-corrected chi connectivity index (χ0v) is 16.3. The van der Waals surface area contributed by atoms with Crippen LogP contribution in [0.25, 0.3) is 10.9 Å². The van der Waals surface area contributed by atoms with E-state index in [1.807, 2.05) is 50.2 Å². The molecule has 0 saturated heterocycles. The number of nitrogens with zero attached hydrogens (tertiary/aromatic N) is 1. The maximum atomic E-state index is 12.7. The summed E-state index contributed by atoms with van der Waals surface area (Å²) < 4.78 is 10.8. The van der Waals surface area contributed by atoms with Crippen LogP contribution in [0.15, 0.2) is 59.4 Å². The van der Waals surface area contributed by atoms with Crippen LogP contribution in [0.2, 0.25) is 0 Å². The molecule has 2 aromatic carbocycles. The van der Waals surface area contributed by atoms with Gasteiger partial charge in [-0.2, -0.15) is 0 Å². The van der Waals surface area contributed by atoms with Crippen molar-refractivity contribution in [2.24, 2.45) is 0 Å². The Hall–Kier alpha value is -3.28. The monoisotopic (exact) mass is 380 g/mol. The fourth-order valence-electron chi connectivity index (χ4n) is 2.96. The number of carbonyl (C=O) groups excluding carboxylic acids is 1. The van der Waals surface area contributed by atoms with Crippen LogP contribution in [0.5, 0.6) is 11.5 Å². The fraction of sp³-hybridized carbons (Fsp3) is 0.273. The molecular weight excluding hydrogens is 356 g/mol. The van der Waals surface area contributed by atoms with Crippen LogP contribution >= 0.6 is 0 Å². The Morgan fingerprint density at radius 2 is 1.82 bits per heavy atom. The van der Waals surface area contributed by atoms with E-state index in [1.54, 1.807) is 30.2 Å². The van der Waals surface area contributed by atoms with Crippen LogP contribution in [0, 0.1) is 0 Å². The molecule has 6 heteroatoms. The minimum absolute atomic E-state index is 0.0714. The quantitative estimate of drug-likeness (QED) is 0.682. The first-order valence-corrected chi connectivity index (χ1v) is 9.15. The molecule has 0 aliphatic rings. The number of ether oxygens (including phenoxy) is 2. The molecule has 0 bridgehead atoms. The molecular formula is C22H24N2O4. The van der Waals surface area contributed by atoms with E-state index < -0.39 is 0 Å². The number of hydrogen-bond donors (Lipinski definition) is 1. The lowest BCUT2D eigenvalue weighted by Crippen LogP contribution is -2.40. The van der Waals surface area contributed by atoms with E-state index in [4.69, 9.17) is 9.47 Å². The predicted octanol–water partition coefficient (Wildman–Crippen LogP) is 3.35. The molecule has 3 rings (SSSR count). The fourth-order valence-corrected chi connectivity index (χ4v) is 2.96. The van der Waals surface area contributed by atoms with Gasteiger partial charge < -0.3 is 19.4 Å². The highest BCUT2D eigenvalue weighted by Gasteiger charge is 2.19. The van der Waals surface area contributed by atoms with Crippen molar-refractivity contribution in [3.63, 3.8) is 0 Å². The maximum Gasteiger partial charge on any atom is 0.261 e. The molecule has 146 valence electrons. The van der Waals surface area contributed by atoms with Crippen LogP contribution in [0.1, 0.15) is 19.4 Å². The maximum absolute atomic E-state index is 12.7. The number of pyridine rings is 1. The first kappa shape index (κ1) is 19.5. The number of benzene rings is 2. The highest BCUT2D eigenvalue weighted by molar-refractivity contribution is 5.81. The number of methoxy groups -OCH3 is 1. The zero-order chi connectivity index (χ0) is 20.1. The van der Waals surface area contributed by atoms with Gasteiger partial charge in [-0.15, -0.1) is 0 Å². The highest BCUT2D eigenvalue weighted by Crippen LogP contribution is 2.19. The van der Waals surface area contributed by atoms with Crippen molar-refractivity contribution < 1.29 is 14.3 Å². The van der Waals surface area contributed by atoms with Crippen LogP contribution in [0.3, 0.4) is 0 Å². The summed E-state index contributed by atoms with van der Waals surface area (Å²) in [6.45, 7) is 3.97. The number of hydrogen-bond acceptors (Lipinski definition) is 4. The molecule has 0 fully saturated rings. The van der Waals surface area contributed by atoms with E-state index in [9.17, 15) is 9.59 Å². The van der Waals surface area contributed by atoms with E-state index in [-0.39, 0.29) is 30.7 Å². The van der Waals surface area contributed by atoms with Gasteiger partial charge in [0.1, 0.15) is 11.5 Å². The van der Waals surface area contributed by atoms with E-state index in [1.165, 1.54) is 0 Å². The summed E-state index contributed by atoms with van der Waals surface area (Å²) in [6.07, 6.45) is 0. The number of amides is 1. The third-order valence-electron chi connectivity index (χ3n) is 4.52. The lowest BCUT2D eigenvalue weighted by Gasteiger charge is -2.26. The molecule has 0 aliphatic carbocycles. The Morgan fingerprint density at radius 1 is 1.07 bits per heavy atom. The van der Waals surface area contributed by atoms with Gasteiger partial charge in [0.05, 0.1) is 19.2 Å². The van der Waals surface area contributed by atoms with Crippen LogP contribution in [-0.2, 0) is 11.3 Å². The van der Waals surface area contributed by atoms with E-state index in [2.05, 4.69) is 4.98 Å². The topological polar surface area (TPSA) is 71.6 Å². The van der Waals surface area contributed by atoms with Gasteiger partial charge in [0, 0.05) is 17.7 Å². The summed E-state index contributed by atoms with van der Waals surface area (Å²) >= 11 is 0. The Morgan fingerprint density at radius 3 is 2.50 bits per heavy atom. The average Bonchev–Trinajstić information content (AvgIpc) is 2.70. The normalized spacial score (nSPS) is 10.9. The molecule has 0 saturated carbocycles. The number of fused-ring (bicyclic) bond motifs is 1. The molecule has 1 amide bonds. The van der Waals surface area contributed by atoms with E-state index in [0.717, 1.165) is 5.39 Å². The summed E-state index contributed by atoms with van der Waals surface area (Å²) in [7, 11) is 1.58. The Balaban J connectivity index is 1.79. The SMILES string of the molecule is COc1ccc2cc(CN(C(=O)COc3ccccc3)C(C)C)c(=O)[nH]c2c1. The summed E-state index contributed by atoms with van der Waals surface area (Å²) in [5.41, 5.74) is 1.01. The van der Waals surface area contributed by atoms with Gasteiger partial charge in [0.2, 0.25) is 0 Å². The molecule has 0 radical (unpaired) electrons. The van der Waals surface area contributed by atoms with Gasteiger partial charge in [-0.25, -0.2) is 0 Å². The average molecular weight is 380 g/mol. The number of rotatable bonds is 7. The number of H-pyrrole nitrogens is 1. The molecule has 1 N–H and O–H groups in total. The minimum Gasteiger partial charge on any atom is -0.497 e. The van der Waals surface area contributed by atoms with Gasteiger partial charge in [0.25, 0.3) is 11.5 Å². The second-order valence-corrected chi connectivity index (χ2v) is 6.79. The van der Waals surface area contributed by atoms with Crippen molar-refractivity contribution >= 4 is 16.8 Å². The summed E-state index contributed by atoms with van der Waals surface area (Å²) in [4.78, 5) is 29.7. The van der Waals surface area contributed by atoms with Gasteiger partial charge in [-0.05, 0) is 49.6 Å². The second kappa shape index (κ2) is 8.61. The predicted molar refractivity (Wildman–Crippen MR) is 109 cm³/mol. The Labute approximate surface area is 163 Å².